The number of hydrogen-bond donors (Lipinski definition) is 1. The summed E-state index contributed by atoms with van der Waals surface area (Å²) >= 11 is 0. The smallest absolute Gasteiger partial charge is 0.191 e. The maximum absolute atomic E-state index is 10.7. The molecule has 0 aromatic carbocycles. The van der Waals surface area contributed by atoms with E-state index >= 15 is 0 Å². The molecule has 0 aromatic rings. The first-order valence-electron chi connectivity index (χ1n) is 16.9. The van der Waals surface area contributed by atoms with Crippen LogP contribution in [0.2, 0.25) is 36.3 Å². The van der Waals surface area contributed by atoms with Crippen LogP contribution in [0.3, 0.4) is 0 Å². The van der Waals surface area contributed by atoms with E-state index in [4.69, 9.17) is 28.4 Å². The standard InChI is InChI=1S/C17H30O4Si.C17H30O3Si/c1-7-17(11-12-22(8-2,9-3)10-4)14(18)13-15(21-17)20-16(5,6)19-13;1-7-17(11-12-21(8-2,9-3)10-4)13-14-15(20-17)19-16(5,6)18-14/h13-15,18H,7-10H2,1-6H3;14-15H,7-10,13H2,1-6H3/t13?,14-,15+,17-;14?,15-,17+/m01/s1. The number of aliphatic hydroxyl groups excluding tert-OH is 1. The van der Waals surface area contributed by atoms with Crippen molar-refractivity contribution in [2.45, 2.75) is 192 Å². The molecule has 7 atom stereocenters. The molecular formula is C34H60O7Si2. The Bertz CT molecular complexity index is 1030. The van der Waals surface area contributed by atoms with Crippen LogP contribution in [0.5, 0.6) is 0 Å². The predicted octanol–water partition coefficient (Wildman–Crippen LogP) is 7.14. The molecule has 4 heterocycles. The van der Waals surface area contributed by atoms with Crippen LogP contribution in [0, 0.1) is 22.9 Å². The van der Waals surface area contributed by atoms with Gasteiger partial charge in [0.1, 0.15) is 40.1 Å². The molecule has 4 aliphatic rings. The first-order valence-corrected chi connectivity index (χ1v) is 22.2. The fourth-order valence-corrected chi connectivity index (χ4v) is 11.7. The predicted molar refractivity (Wildman–Crippen MR) is 176 cm³/mol. The molecule has 7 nitrogen and oxygen atoms in total. The highest BCUT2D eigenvalue weighted by molar-refractivity contribution is 6.87. The van der Waals surface area contributed by atoms with Crippen molar-refractivity contribution in [2.75, 3.05) is 0 Å². The minimum Gasteiger partial charge on any atom is -0.386 e. The molecular weight excluding hydrogens is 577 g/mol. The maximum Gasteiger partial charge on any atom is 0.191 e. The lowest BCUT2D eigenvalue weighted by Gasteiger charge is -2.30. The molecule has 0 aliphatic carbocycles. The lowest BCUT2D eigenvalue weighted by Crippen LogP contribution is -2.44. The van der Waals surface area contributed by atoms with Crippen molar-refractivity contribution in [1.29, 1.82) is 0 Å². The lowest BCUT2D eigenvalue weighted by molar-refractivity contribution is -0.228. The van der Waals surface area contributed by atoms with Crippen molar-refractivity contribution in [3.05, 3.63) is 0 Å². The van der Waals surface area contributed by atoms with Gasteiger partial charge < -0.3 is 33.5 Å². The molecule has 9 heteroatoms. The molecule has 0 spiro atoms. The Morgan fingerprint density at radius 1 is 0.605 bits per heavy atom. The Hall–Kier alpha value is -0.726. The number of ether oxygens (including phenoxy) is 6. The highest BCUT2D eigenvalue weighted by Crippen LogP contribution is 2.44. The fourth-order valence-electron chi connectivity index (χ4n) is 6.64. The van der Waals surface area contributed by atoms with E-state index in [9.17, 15) is 5.11 Å². The number of fused-ring (bicyclic) bond motifs is 2. The summed E-state index contributed by atoms with van der Waals surface area (Å²) in [5, 5.41) is 10.7. The van der Waals surface area contributed by atoms with Crippen LogP contribution in [-0.4, -0.2) is 74.9 Å². The molecule has 4 saturated heterocycles. The van der Waals surface area contributed by atoms with E-state index in [1.54, 1.807) is 0 Å². The first kappa shape index (κ1) is 36.7. The molecule has 4 rings (SSSR count). The monoisotopic (exact) mass is 636 g/mol. The third-order valence-corrected chi connectivity index (χ3v) is 19.9. The Morgan fingerprint density at radius 2 is 1.09 bits per heavy atom. The third-order valence-electron chi connectivity index (χ3n) is 10.5. The van der Waals surface area contributed by atoms with Gasteiger partial charge in [-0.1, -0.05) is 67.2 Å². The average Bonchev–Trinajstić information content (AvgIpc) is 3.64. The van der Waals surface area contributed by atoms with Crippen molar-refractivity contribution in [3.63, 3.8) is 0 Å². The Kier molecular flexibility index (Phi) is 11.9. The quantitative estimate of drug-likeness (QED) is 0.224. The summed E-state index contributed by atoms with van der Waals surface area (Å²) in [6.45, 7) is 25.2. The summed E-state index contributed by atoms with van der Waals surface area (Å²) in [6.07, 6.45) is 0.363. The maximum atomic E-state index is 10.7. The SMILES string of the molecule is CC[C@@]1(C#C[Si](CC)(CC)CC)O[C@H]2OC(C)(C)OC2[C@@H]1O.CC[C@]1(C#C[Si](CC)(CC)CC)CC2OC(C)(C)O[C@@H]2O1. The molecule has 4 fully saturated rings. The molecule has 43 heavy (non-hydrogen) atoms. The zero-order valence-corrected chi connectivity index (χ0v) is 31.1. The molecule has 0 bridgehead atoms. The van der Waals surface area contributed by atoms with Crippen molar-refractivity contribution in [1.82, 2.24) is 0 Å². The lowest BCUT2D eigenvalue weighted by atomic mass is 9.93. The zero-order chi connectivity index (χ0) is 32.3. The zero-order valence-electron chi connectivity index (χ0n) is 29.1. The molecule has 0 radical (unpaired) electrons. The normalized spacial score (nSPS) is 35.6. The van der Waals surface area contributed by atoms with Crippen LogP contribution >= 0.6 is 0 Å². The fraction of sp³-hybridized carbons (Fsp3) is 0.882. The summed E-state index contributed by atoms with van der Waals surface area (Å²) < 4.78 is 35.6. The molecule has 2 unspecified atom stereocenters. The molecule has 0 amide bonds. The number of hydrogen-bond acceptors (Lipinski definition) is 7. The Balaban J connectivity index is 0.000000236. The van der Waals surface area contributed by atoms with E-state index in [-0.39, 0.29) is 18.0 Å². The van der Waals surface area contributed by atoms with Crippen LogP contribution in [-0.2, 0) is 28.4 Å². The topological polar surface area (TPSA) is 75.6 Å². The van der Waals surface area contributed by atoms with Gasteiger partial charge in [-0.25, -0.2) is 0 Å². The summed E-state index contributed by atoms with van der Waals surface area (Å²) in [7, 11) is -3.01. The minimum absolute atomic E-state index is 0.0233. The molecule has 0 saturated carbocycles. The van der Waals surface area contributed by atoms with E-state index in [2.05, 4.69) is 71.4 Å². The first-order chi connectivity index (χ1) is 20.1. The number of aliphatic hydroxyl groups is 1. The van der Waals surface area contributed by atoms with Crippen molar-refractivity contribution >= 4 is 16.1 Å². The van der Waals surface area contributed by atoms with Crippen molar-refractivity contribution in [2.24, 2.45) is 0 Å². The van der Waals surface area contributed by atoms with Gasteiger partial charge >= 0.3 is 0 Å². The van der Waals surface area contributed by atoms with Gasteiger partial charge in [0, 0.05) is 6.42 Å². The summed E-state index contributed by atoms with van der Waals surface area (Å²) in [4.78, 5) is 0. The van der Waals surface area contributed by atoms with E-state index in [0.717, 1.165) is 31.0 Å². The van der Waals surface area contributed by atoms with E-state index in [1.165, 1.54) is 18.1 Å². The third kappa shape index (κ3) is 7.81. The van der Waals surface area contributed by atoms with Crippen LogP contribution < -0.4 is 0 Å². The Morgan fingerprint density at radius 3 is 1.53 bits per heavy atom. The summed E-state index contributed by atoms with van der Waals surface area (Å²) in [5.74, 6) is 5.61. The van der Waals surface area contributed by atoms with Gasteiger partial charge in [-0.2, -0.15) is 0 Å². The molecule has 4 aliphatic heterocycles. The van der Waals surface area contributed by atoms with E-state index in [1.807, 2.05) is 34.6 Å². The van der Waals surface area contributed by atoms with Gasteiger partial charge in [-0.05, 0) is 76.8 Å². The van der Waals surface area contributed by atoms with Gasteiger partial charge in [0.15, 0.2) is 29.8 Å². The summed E-state index contributed by atoms with van der Waals surface area (Å²) in [5.41, 5.74) is 6.00. The second-order valence-electron chi connectivity index (χ2n) is 13.7. The summed E-state index contributed by atoms with van der Waals surface area (Å²) in [6, 6.07) is 7.07. The van der Waals surface area contributed by atoms with Gasteiger partial charge in [0.05, 0.1) is 0 Å². The van der Waals surface area contributed by atoms with Gasteiger partial charge in [0.2, 0.25) is 0 Å². The Labute approximate surface area is 264 Å². The largest absolute Gasteiger partial charge is 0.386 e. The number of rotatable bonds is 8. The van der Waals surface area contributed by atoms with Gasteiger partial charge in [-0.15, -0.1) is 11.1 Å². The molecule has 246 valence electrons. The van der Waals surface area contributed by atoms with Crippen LogP contribution in [0.4, 0.5) is 0 Å². The van der Waals surface area contributed by atoms with Gasteiger partial charge in [-0.3, -0.25) is 0 Å². The highest BCUT2D eigenvalue weighted by atomic mass is 28.3. The second-order valence-corrected chi connectivity index (χ2v) is 23.5. The van der Waals surface area contributed by atoms with Gasteiger partial charge in [0.25, 0.3) is 0 Å². The van der Waals surface area contributed by atoms with Crippen molar-refractivity contribution in [3.8, 4) is 22.9 Å². The van der Waals surface area contributed by atoms with E-state index in [0.29, 0.717) is 6.42 Å². The molecule has 0 aromatic heterocycles. The second kappa shape index (κ2) is 14.0. The van der Waals surface area contributed by atoms with Crippen LogP contribution in [0.15, 0.2) is 0 Å². The van der Waals surface area contributed by atoms with Crippen LogP contribution in [0.25, 0.3) is 0 Å². The van der Waals surface area contributed by atoms with Crippen LogP contribution in [0.1, 0.15) is 102 Å². The van der Waals surface area contributed by atoms with E-state index < -0.39 is 51.8 Å². The minimum atomic E-state index is -1.58. The highest BCUT2D eigenvalue weighted by Gasteiger charge is 2.60. The van der Waals surface area contributed by atoms with Crippen molar-refractivity contribution < 1.29 is 33.5 Å². The molecule has 1 N–H and O–H groups in total. The average molecular weight is 637 g/mol.